The molecule has 0 atom stereocenters. The molecule has 0 N–H and O–H groups in total. The Morgan fingerprint density at radius 3 is 2.50 bits per heavy atom. The maximum absolute atomic E-state index is 12.6. The first-order valence-corrected chi connectivity index (χ1v) is 9.23. The Balaban J connectivity index is 1.74. The van der Waals surface area contributed by atoms with Gasteiger partial charge in [-0.1, -0.05) is 54.1 Å². The molecule has 0 aromatic heterocycles. The van der Waals surface area contributed by atoms with Gasteiger partial charge in [0.25, 0.3) is 5.69 Å². The summed E-state index contributed by atoms with van der Waals surface area (Å²) in [4.78, 5) is 22.9. The van der Waals surface area contributed by atoms with Gasteiger partial charge in [-0.25, -0.2) is 0 Å². The highest BCUT2D eigenvalue weighted by Gasteiger charge is 2.15. The zero-order chi connectivity index (χ0) is 21.5. The van der Waals surface area contributed by atoms with Crippen LogP contribution in [0.5, 0.6) is 5.75 Å². The second kappa shape index (κ2) is 9.50. The van der Waals surface area contributed by atoms with E-state index in [1.54, 1.807) is 30.3 Å². The summed E-state index contributed by atoms with van der Waals surface area (Å²) in [6.07, 6.45) is 1.43. The average Bonchev–Trinajstić information content (AvgIpc) is 2.77. The minimum atomic E-state index is -0.589. The van der Waals surface area contributed by atoms with Crippen LogP contribution >= 0.6 is 11.6 Å². The number of nitro benzene ring substituents is 1. The number of nitro groups is 1. The van der Waals surface area contributed by atoms with Crippen LogP contribution in [0.25, 0.3) is 6.08 Å². The van der Waals surface area contributed by atoms with Crippen LogP contribution in [-0.4, -0.2) is 10.7 Å². The van der Waals surface area contributed by atoms with E-state index in [1.807, 2.05) is 24.3 Å². The molecule has 0 saturated heterocycles. The van der Waals surface area contributed by atoms with E-state index in [-0.39, 0.29) is 16.8 Å². The summed E-state index contributed by atoms with van der Waals surface area (Å²) in [7, 11) is 0. The summed E-state index contributed by atoms with van der Waals surface area (Å²) in [5.74, 6) is 0.0239. The summed E-state index contributed by atoms with van der Waals surface area (Å²) >= 11 is 6.11. The van der Waals surface area contributed by atoms with Gasteiger partial charge in [0.15, 0.2) is 0 Å². The summed E-state index contributed by atoms with van der Waals surface area (Å²) in [5, 5.41) is 20.9. The van der Waals surface area contributed by atoms with E-state index in [4.69, 9.17) is 16.3 Å². The Hall–Kier alpha value is -3.95. The molecule has 0 aliphatic rings. The van der Waals surface area contributed by atoms with E-state index in [2.05, 4.69) is 0 Å². The number of Topliss-reactive ketones (excluding diaryl/α,β-unsaturated/α-hetero) is 1. The normalized spacial score (nSPS) is 10.9. The van der Waals surface area contributed by atoms with Crippen molar-refractivity contribution in [2.75, 3.05) is 0 Å². The highest BCUT2D eigenvalue weighted by atomic mass is 35.5. The molecule has 0 saturated carbocycles. The Bertz CT molecular complexity index is 1160. The standard InChI is InChI=1S/C23H15ClN2O4/c24-22-7-2-1-4-18(22)15-30-21-10-8-16(9-11-21)12-19(14-25)23(27)17-5-3-6-20(13-17)26(28)29/h1-13H,15H2/b19-12+. The number of nitrogens with zero attached hydrogens (tertiary/aromatic N) is 2. The van der Waals surface area contributed by atoms with Gasteiger partial charge in [0, 0.05) is 28.3 Å². The lowest BCUT2D eigenvalue weighted by Gasteiger charge is -2.08. The van der Waals surface area contributed by atoms with E-state index in [0.717, 1.165) is 11.6 Å². The van der Waals surface area contributed by atoms with Crippen molar-refractivity contribution in [2.45, 2.75) is 6.61 Å². The van der Waals surface area contributed by atoms with Gasteiger partial charge in [-0.05, 0) is 29.8 Å². The van der Waals surface area contributed by atoms with E-state index in [9.17, 15) is 20.2 Å². The van der Waals surface area contributed by atoms with Crippen molar-refractivity contribution >= 4 is 29.1 Å². The van der Waals surface area contributed by atoms with E-state index < -0.39 is 10.7 Å². The van der Waals surface area contributed by atoms with Crippen LogP contribution in [0.4, 0.5) is 5.69 Å². The molecule has 0 radical (unpaired) electrons. The Kier molecular flexibility index (Phi) is 6.58. The topological polar surface area (TPSA) is 93.2 Å². The largest absolute Gasteiger partial charge is 0.489 e. The monoisotopic (exact) mass is 418 g/mol. The predicted octanol–water partition coefficient (Wildman–Crippen LogP) is 5.62. The van der Waals surface area contributed by atoms with E-state index in [0.29, 0.717) is 22.9 Å². The van der Waals surface area contributed by atoms with Gasteiger partial charge in [0.05, 0.1) is 4.92 Å². The van der Waals surface area contributed by atoms with E-state index >= 15 is 0 Å². The van der Waals surface area contributed by atoms with Crippen LogP contribution in [0.1, 0.15) is 21.5 Å². The van der Waals surface area contributed by atoms with Crippen LogP contribution in [0, 0.1) is 21.4 Å². The fourth-order valence-corrected chi connectivity index (χ4v) is 2.86. The van der Waals surface area contributed by atoms with Crippen LogP contribution in [0.15, 0.2) is 78.4 Å². The summed E-state index contributed by atoms with van der Waals surface area (Å²) in [6.45, 7) is 0.309. The van der Waals surface area contributed by atoms with Crippen LogP contribution in [0.3, 0.4) is 0 Å². The molecule has 0 spiro atoms. The predicted molar refractivity (Wildman–Crippen MR) is 113 cm³/mol. The highest BCUT2D eigenvalue weighted by molar-refractivity contribution is 6.31. The number of non-ortho nitro benzene ring substituents is 1. The molecule has 0 heterocycles. The lowest BCUT2D eigenvalue weighted by atomic mass is 10.0. The molecule has 0 bridgehead atoms. The number of benzene rings is 3. The molecular weight excluding hydrogens is 404 g/mol. The lowest BCUT2D eigenvalue weighted by molar-refractivity contribution is -0.384. The Labute approximate surface area is 177 Å². The van der Waals surface area contributed by atoms with Crippen LogP contribution < -0.4 is 4.74 Å². The van der Waals surface area contributed by atoms with Gasteiger partial charge < -0.3 is 4.74 Å². The lowest BCUT2D eigenvalue weighted by Crippen LogP contribution is -2.02. The molecule has 3 rings (SSSR count). The number of ketones is 1. The molecular formula is C23H15ClN2O4. The molecule has 0 amide bonds. The highest BCUT2D eigenvalue weighted by Crippen LogP contribution is 2.21. The second-order valence-corrected chi connectivity index (χ2v) is 6.66. The van der Waals surface area contributed by atoms with Crippen molar-refractivity contribution in [1.82, 2.24) is 0 Å². The molecule has 3 aromatic rings. The minimum absolute atomic E-state index is 0.0803. The maximum Gasteiger partial charge on any atom is 0.270 e. The molecule has 6 nitrogen and oxygen atoms in total. The third kappa shape index (κ3) is 5.10. The second-order valence-electron chi connectivity index (χ2n) is 6.26. The third-order valence-electron chi connectivity index (χ3n) is 4.23. The average molecular weight is 419 g/mol. The fraction of sp³-hybridized carbons (Fsp3) is 0.0435. The number of carbonyl (C=O) groups excluding carboxylic acids is 1. The summed E-state index contributed by atoms with van der Waals surface area (Å²) < 4.78 is 5.71. The van der Waals surface area contributed by atoms with E-state index in [1.165, 1.54) is 24.3 Å². The van der Waals surface area contributed by atoms with Gasteiger partial charge in [0.2, 0.25) is 5.78 Å². The Morgan fingerprint density at radius 2 is 1.83 bits per heavy atom. The summed E-state index contributed by atoms with van der Waals surface area (Å²) in [5.41, 5.74) is 1.22. The van der Waals surface area contributed by atoms with Gasteiger partial charge in [-0.3, -0.25) is 14.9 Å². The van der Waals surface area contributed by atoms with Crippen molar-refractivity contribution in [1.29, 1.82) is 5.26 Å². The minimum Gasteiger partial charge on any atom is -0.489 e. The number of hydrogen-bond donors (Lipinski definition) is 0. The molecule has 30 heavy (non-hydrogen) atoms. The smallest absolute Gasteiger partial charge is 0.270 e. The number of carbonyl (C=O) groups is 1. The molecule has 148 valence electrons. The van der Waals surface area contributed by atoms with Gasteiger partial charge in [-0.2, -0.15) is 5.26 Å². The summed E-state index contributed by atoms with van der Waals surface area (Å²) in [6, 6.07) is 21.4. The van der Waals surface area contributed by atoms with Gasteiger partial charge in [0.1, 0.15) is 24.0 Å². The first kappa shape index (κ1) is 20.8. The van der Waals surface area contributed by atoms with Crippen molar-refractivity contribution in [3.8, 4) is 11.8 Å². The van der Waals surface area contributed by atoms with Gasteiger partial charge >= 0.3 is 0 Å². The molecule has 0 fully saturated rings. The number of nitriles is 1. The third-order valence-corrected chi connectivity index (χ3v) is 4.60. The number of halogens is 1. The number of rotatable bonds is 7. The molecule has 3 aromatic carbocycles. The molecule has 0 aliphatic heterocycles. The van der Waals surface area contributed by atoms with Crippen LogP contribution in [-0.2, 0) is 6.61 Å². The molecule has 0 unspecified atom stereocenters. The van der Waals surface area contributed by atoms with Crippen molar-refractivity contribution in [3.05, 3.63) is 110 Å². The van der Waals surface area contributed by atoms with Crippen molar-refractivity contribution in [3.63, 3.8) is 0 Å². The van der Waals surface area contributed by atoms with Crippen molar-refractivity contribution in [2.24, 2.45) is 0 Å². The number of ether oxygens (including phenoxy) is 1. The molecule has 0 aliphatic carbocycles. The number of hydrogen-bond acceptors (Lipinski definition) is 5. The fourth-order valence-electron chi connectivity index (χ4n) is 2.67. The Morgan fingerprint density at radius 1 is 1.10 bits per heavy atom. The SMILES string of the molecule is N#C/C(=C\c1ccc(OCc2ccccc2Cl)cc1)C(=O)c1cccc([N+](=O)[O-])c1. The zero-order valence-electron chi connectivity index (χ0n) is 15.6. The van der Waals surface area contributed by atoms with Crippen molar-refractivity contribution < 1.29 is 14.5 Å². The first-order chi connectivity index (χ1) is 14.5. The molecule has 7 heteroatoms. The quantitative estimate of drug-likeness (QED) is 0.163. The first-order valence-electron chi connectivity index (χ1n) is 8.85. The number of allylic oxidation sites excluding steroid dienone is 1. The zero-order valence-corrected chi connectivity index (χ0v) is 16.4. The maximum atomic E-state index is 12.6. The van der Waals surface area contributed by atoms with Crippen LogP contribution in [0.2, 0.25) is 5.02 Å². The van der Waals surface area contributed by atoms with Gasteiger partial charge in [-0.15, -0.1) is 0 Å².